The van der Waals surface area contributed by atoms with E-state index in [1.807, 2.05) is 0 Å². The summed E-state index contributed by atoms with van der Waals surface area (Å²) in [5, 5.41) is 0. The monoisotopic (exact) mass is 490 g/mol. The van der Waals surface area contributed by atoms with Crippen molar-refractivity contribution in [3.63, 3.8) is 0 Å². The fourth-order valence-corrected chi connectivity index (χ4v) is 4.06. The summed E-state index contributed by atoms with van der Waals surface area (Å²) >= 11 is 0.888. The molecule has 0 aliphatic heterocycles. The van der Waals surface area contributed by atoms with Crippen molar-refractivity contribution in [1.82, 2.24) is 19.5 Å². The summed E-state index contributed by atoms with van der Waals surface area (Å²) in [5.74, 6) is -4.34. The minimum Gasteiger partial charge on any atom is -0.368 e. The highest BCUT2D eigenvalue weighted by Crippen LogP contribution is 2.32. The van der Waals surface area contributed by atoms with Crippen LogP contribution in [0.5, 0.6) is 0 Å². The average Bonchev–Trinajstić information content (AvgIpc) is 2.79. The Labute approximate surface area is 195 Å². The van der Waals surface area contributed by atoms with Gasteiger partial charge in [0.15, 0.2) is 23.1 Å². The van der Waals surface area contributed by atoms with Crippen LogP contribution in [-0.4, -0.2) is 19.5 Å². The third-order valence-corrected chi connectivity index (χ3v) is 5.73. The minimum atomic E-state index is -1.51. The Bertz CT molecular complexity index is 1440. The van der Waals surface area contributed by atoms with E-state index in [1.54, 1.807) is 13.8 Å². The Morgan fingerprint density at radius 2 is 1.79 bits per heavy atom. The maximum Gasteiger partial charge on any atom is 0.279 e. The summed E-state index contributed by atoms with van der Waals surface area (Å²) in [6, 6.07) is 5.81. The van der Waals surface area contributed by atoms with Crippen LogP contribution in [0.3, 0.4) is 0 Å². The SMILES string of the molecule is CC(C)n1c(=O)c(-c2cc(F)c(NSCc3ccc(F)cc3)c(F)c2F)nc2cnc(N)nc21. The fraction of sp³-hybridized carbons (Fsp3) is 0.182. The van der Waals surface area contributed by atoms with E-state index in [0.29, 0.717) is 11.6 Å². The van der Waals surface area contributed by atoms with Crippen LogP contribution in [-0.2, 0) is 5.75 Å². The molecule has 4 aromatic rings. The second kappa shape index (κ2) is 9.29. The number of rotatable bonds is 6. The molecule has 0 spiro atoms. The number of hydrogen-bond acceptors (Lipinski definition) is 7. The molecule has 0 atom stereocenters. The molecule has 0 fully saturated rings. The lowest BCUT2D eigenvalue weighted by molar-refractivity contribution is 0.502. The predicted molar refractivity (Wildman–Crippen MR) is 123 cm³/mol. The summed E-state index contributed by atoms with van der Waals surface area (Å²) < 4.78 is 61.3. The van der Waals surface area contributed by atoms with Crippen LogP contribution < -0.4 is 16.0 Å². The minimum absolute atomic E-state index is 0.0901. The lowest BCUT2D eigenvalue weighted by Crippen LogP contribution is -2.26. The highest BCUT2D eigenvalue weighted by Gasteiger charge is 2.25. The molecule has 0 radical (unpaired) electrons. The number of nitrogens with one attached hydrogen (secondary N) is 1. The zero-order valence-corrected chi connectivity index (χ0v) is 18.8. The first kappa shape index (κ1) is 23.5. The first-order chi connectivity index (χ1) is 16.2. The number of benzene rings is 2. The van der Waals surface area contributed by atoms with Crippen LogP contribution in [0, 0.1) is 23.3 Å². The van der Waals surface area contributed by atoms with Gasteiger partial charge in [-0.2, -0.15) is 4.98 Å². The van der Waals surface area contributed by atoms with E-state index in [2.05, 4.69) is 19.7 Å². The Balaban J connectivity index is 1.73. The number of anilines is 2. The first-order valence-electron chi connectivity index (χ1n) is 10.0. The van der Waals surface area contributed by atoms with Gasteiger partial charge in [-0.15, -0.1) is 0 Å². The van der Waals surface area contributed by atoms with E-state index in [9.17, 15) is 18.0 Å². The smallest absolute Gasteiger partial charge is 0.279 e. The number of nitrogens with zero attached hydrogens (tertiary/aromatic N) is 4. The van der Waals surface area contributed by atoms with Crippen molar-refractivity contribution in [1.29, 1.82) is 0 Å². The molecule has 2 heterocycles. The number of nitrogen functional groups attached to an aromatic ring is 1. The zero-order chi connectivity index (χ0) is 24.6. The fourth-order valence-electron chi connectivity index (χ4n) is 3.30. The Hall–Kier alpha value is -3.67. The molecule has 176 valence electrons. The van der Waals surface area contributed by atoms with Crippen molar-refractivity contribution in [3.8, 4) is 11.3 Å². The van der Waals surface area contributed by atoms with Crippen molar-refractivity contribution in [2.45, 2.75) is 25.6 Å². The van der Waals surface area contributed by atoms with Crippen LogP contribution in [0.2, 0.25) is 0 Å². The van der Waals surface area contributed by atoms with Crippen LogP contribution in [0.25, 0.3) is 22.4 Å². The summed E-state index contributed by atoms with van der Waals surface area (Å²) in [6.07, 6.45) is 1.24. The molecule has 2 aromatic heterocycles. The average molecular weight is 490 g/mol. The number of hydrogen-bond donors (Lipinski definition) is 2. The van der Waals surface area contributed by atoms with Gasteiger partial charge >= 0.3 is 0 Å². The highest BCUT2D eigenvalue weighted by molar-refractivity contribution is 7.99. The van der Waals surface area contributed by atoms with Gasteiger partial charge in [0.25, 0.3) is 5.56 Å². The van der Waals surface area contributed by atoms with Gasteiger partial charge in [-0.1, -0.05) is 12.1 Å². The first-order valence-corrected chi connectivity index (χ1v) is 11.0. The quantitative estimate of drug-likeness (QED) is 0.227. The maximum absolute atomic E-state index is 15.0. The molecule has 0 saturated heterocycles. The lowest BCUT2D eigenvalue weighted by atomic mass is 10.1. The number of halogens is 4. The Morgan fingerprint density at radius 3 is 2.47 bits per heavy atom. The van der Waals surface area contributed by atoms with Gasteiger partial charge in [0.2, 0.25) is 5.95 Å². The summed E-state index contributed by atoms with van der Waals surface area (Å²) in [7, 11) is 0. The van der Waals surface area contributed by atoms with Gasteiger partial charge in [-0.3, -0.25) is 9.36 Å². The molecule has 0 saturated carbocycles. The maximum atomic E-state index is 15.0. The highest BCUT2D eigenvalue weighted by atomic mass is 32.2. The van der Waals surface area contributed by atoms with Gasteiger partial charge in [-0.25, -0.2) is 27.5 Å². The van der Waals surface area contributed by atoms with E-state index >= 15 is 4.39 Å². The van der Waals surface area contributed by atoms with Gasteiger partial charge in [0.1, 0.15) is 22.7 Å². The molecular weight excluding hydrogens is 472 g/mol. The van der Waals surface area contributed by atoms with E-state index in [1.165, 1.54) is 35.0 Å². The number of aromatic nitrogens is 4. The van der Waals surface area contributed by atoms with Crippen LogP contribution in [0.4, 0.5) is 29.2 Å². The molecular formula is C22H18F4N6OS. The van der Waals surface area contributed by atoms with Gasteiger partial charge in [-0.05, 0) is 49.6 Å². The summed E-state index contributed by atoms with van der Waals surface area (Å²) in [5.41, 5.74) is 3.89. The second-order valence-electron chi connectivity index (χ2n) is 7.59. The van der Waals surface area contributed by atoms with Crippen LogP contribution >= 0.6 is 11.9 Å². The number of fused-ring (bicyclic) bond motifs is 1. The third kappa shape index (κ3) is 4.40. The molecule has 2 aromatic carbocycles. The normalized spacial score (nSPS) is 11.4. The lowest BCUT2D eigenvalue weighted by Gasteiger charge is -2.16. The van der Waals surface area contributed by atoms with Gasteiger partial charge < -0.3 is 10.5 Å². The molecule has 0 unspecified atom stereocenters. The third-order valence-electron chi connectivity index (χ3n) is 4.91. The van der Waals surface area contributed by atoms with Gasteiger partial charge in [0.05, 0.1) is 6.20 Å². The molecule has 0 amide bonds. The van der Waals surface area contributed by atoms with E-state index < -0.39 is 51.8 Å². The van der Waals surface area contributed by atoms with Crippen LogP contribution in [0.15, 0.2) is 41.3 Å². The molecule has 12 heteroatoms. The van der Waals surface area contributed by atoms with Crippen LogP contribution in [0.1, 0.15) is 25.5 Å². The Kier molecular flexibility index (Phi) is 6.42. The molecule has 0 aliphatic carbocycles. The van der Waals surface area contributed by atoms with Crippen molar-refractivity contribution in [2.24, 2.45) is 0 Å². The standard InChI is InChI=1S/C22H18F4N6OS/c1-10(2)32-20-15(8-28-22(27)30-20)29-18(21(32)33)13-7-14(24)19(17(26)16(13)25)31-34-9-11-3-5-12(23)6-4-11/h3-8,10,31H,9H2,1-2H3,(H2,27,28,30). The molecule has 34 heavy (non-hydrogen) atoms. The Morgan fingerprint density at radius 1 is 1.09 bits per heavy atom. The predicted octanol–water partition coefficient (Wildman–Crippen LogP) is 4.83. The van der Waals surface area contributed by atoms with Crippen molar-refractivity contribution < 1.29 is 17.6 Å². The van der Waals surface area contributed by atoms with Crippen molar-refractivity contribution in [3.05, 3.63) is 75.7 Å². The summed E-state index contributed by atoms with van der Waals surface area (Å²) in [4.78, 5) is 25.0. The van der Waals surface area contributed by atoms with Crippen molar-refractivity contribution in [2.75, 3.05) is 10.5 Å². The zero-order valence-electron chi connectivity index (χ0n) is 17.9. The van der Waals surface area contributed by atoms with E-state index in [4.69, 9.17) is 5.73 Å². The van der Waals surface area contributed by atoms with Crippen molar-refractivity contribution >= 4 is 34.7 Å². The summed E-state index contributed by atoms with van der Waals surface area (Å²) in [6.45, 7) is 3.37. The number of nitrogens with two attached hydrogens (primary N) is 1. The van der Waals surface area contributed by atoms with Gasteiger partial charge in [0, 0.05) is 17.4 Å². The largest absolute Gasteiger partial charge is 0.368 e. The molecule has 0 aliphatic rings. The molecule has 3 N–H and O–H groups in total. The molecule has 0 bridgehead atoms. The topological polar surface area (TPSA) is 98.7 Å². The second-order valence-corrected chi connectivity index (χ2v) is 8.37. The molecule has 7 nitrogen and oxygen atoms in total. The van der Waals surface area contributed by atoms with E-state index in [0.717, 1.165) is 11.9 Å². The van der Waals surface area contributed by atoms with E-state index in [-0.39, 0.29) is 22.9 Å². The molecule has 4 rings (SSSR count).